The summed E-state index contributed by atoms with van der Waals surface area (Å²) >= 11 is 0. The molecule has 0 spiro atoms. The largest absolute Gasteiger partial charge is 0.385 e. The van der Waals surface area contributed by atoms with Gasteiger partial charge in [0.2, 0.25) is 15.9 Å². The average molecular weight is 300 g/mol. The Hall–Kier alpha value is -1.44. The van der Waals surface area contributed by atoms with Crippen molar-refractivity contribution >= 4 is 21.6 Å². The number of hydrogen-bond donors (Lipinski definition) is 2. The fourth-order valence-electron chi connectivity index (χ4n) is 1.47. The number of ether oxygens (including phenoxy) is 1. The summed E-state index contributed by atoms with van der Waals surface area (Å²) in [4.78, 5) is 11.4. The molecule has 0 aliphatic carbocycles. The van der Waals surface area contributed by atoms with E-state index in [4.69, 9.17) is 4.74 Å². The molecule has 1 rings (SSSR count). The molecule has 0 saturated heterocycles. The third-order valence-electron chi connectivity index (χ3n) is 2.59. The highest BCUT2D eigenvalue weighted by Gasteiger charge is 2.13. The van der Waals surface area contributed by atoms with E-state index in [2.05, 4.69) is 10.0 Å². The third-order valence-corrected chi connectivity index (χ3v) is 4.06. The zero-order chi connectivity index (χ0) is 15.0. The van der Waals surface area contributed by atoms with E-state index in [0.717, 1.165) is 0 Å². The van der Waals surface area contributed by atoms with Gasteiger partial charge in [0.05, 0.1) is 4.90 Å². The van der Waals surface area contributed by atoms with Gasteiger partial charge in [0.1, 0.15) is 0 Å². The summed E-state index contributed by atoms with van der Waals surface area (Å²) in [5.74, 6) is -0.113. The minimum atomic E-state index is -3.51. The first-order valence-electron chi connectivity index (χ1n) is 6.38. The summed E-state index contributed by atoms with van der Waals surface area (Å²) < 4.78 is 31.2. The zero-order valence-corrected chi connectivity index (χ0v) is 12.5. The molecule has 0 heterocycles. The molecular formula is C13H20N2O4S. The van der Waals surface area contributed by atoms with Crippen molar-refractivity contribution in [3.8, 4) is 0 Å². The van der Waals surface area contributed by atoms with Crippen molar-refractivity contribution in [3.05, 3.63) is 24.3 Å². The van der Waals surface area contributed by atoms with Crippen LogP contribution in [0, 0.1) is 0 Å². The smallest absolute Gasteiger partial charge is 0.240 e. The van der Waals surface area contributed by atoms with Crippen LogP contribution in [0.3, 0.4) is 0 Å². The number of nitrogens with one attached hydrogen (secondary N) is 2. The van der Waals surface area contributed by atoms with Crippen LogP contribution in [-0.2, 0) is 19.6 Å². The summed E-state index contributed by atoms with van der Waals surface area (Å²) in [7, 11) is -1.94. The van der Waals surface area contributed by atoms with Gasteiger partial charge in [-0.1, -0.05) is 6.92 Å². The lowest BCUT2D eigenvalue weighted by molar-refractivity contribution is -0.115. The molecule has 20 heavy (non-hydrogen) atoms. The highest BCUT2D eigenvalue weighted by atomic mass is 32.2. The normalized spacial score (nSPS) is 11.3. The number of sulfonamides is 1. The maximum Gasteiger partial charge on any atom is 0.240 e. The number of amides is 1. The Morgan fingerprint density at radius 2 is 1.90 bits per heavy atom. The molecule has 6 nitrogen and oxygen atoms in total. The van der Waals surface area contributed by atoms with Crippen LogP contribution in [0.5, 0.6) is 0 Å². The fraction of sp³-hybridized carbons (Fsp3) is 0.462. The van der Waals surface area contributed by atoms with Gasteiger partial charge < -0.3 is 10.1 Å². The molecule has 0 saturated carbocycles. The van der Waals surface area contributed by atoms with E-state index in [1.807, 2.05) is 0 Å². The number of carbonyl (C=O) groups excluding carboxylic acids is 1. The molecule has 1 aromatic rings. The lowest BCUT2D eigenvalue weighted by atomic mass is 10.3. The Morgan fingerprint density at radius 3 is 2.45 bits per heavy atom. The zero-order valence-electron chi connectivity index (χ0n) is 11.7. The Morgan fingerprint density at radius 1 is 1.25 bits per heavy atom. The maximum absolute atomic E-state index is 11.9. The van der Waals surface area contributed by atoms with E-state index in [9.17, 15) is 13.2 Å². The van der Waals surface area contributed by atoms with E-state index >= 15 is 0 Å². The average Bonchev–Trinajstić information content (AvgIpc) is 2.44. The standard InChI is InChI=1S/C13H20N2O4S/c1-3-13(16)15-11-5-7-12(8-6-11)20(17,18)14-9-4-10-19-2/h5-8,14H,3-4,9-10H2,1-2H3,(H,15,16). The van der Waals surface area contributed by atoms with Gasteiger partial charge >= 0.3 is 0 Å². The summed E-state index contributed by atoms with van der Waals surface area (Å²) in [6, 6.07) is 6.06. The van der Waals surface area contributed by atoms with Crippen molar-refractivity contribution in [2.24, 2.45) is 0 Å². The van der Waals surface area contributed by atoms with Crippen molar-refractivity contribution in [2.45, 2.75) is 24.7 Å². The lowest BCUT2D eigenvalue weighted by Crippen LogP contribution is -2.25. The van der Waals surface area contributed by atoms with Crippen LogP contribution in [0.4, 0.5) is 5.69 Å². The van der Waals surface area contributed by atoms with Gasteiger partial charge in [-0.25, -0.2) is 13.1 Å². The van der Waals surface area contributed by atoms with Crippen molar-refractivity contribution in [1.82, 2.24) is 4.72 Å². The first-order chi connectivity index (χ1) is 9.49. The SMILES string of the molecule is CCC(=O)Nc1ccc(S(=O)(=O)NCCCOC)cc1. The number of methoxy groups -OCH3 is 1. The molecular weight excluding hydrogens is 280 g/mol. The molecule has 0 aromatic heterocycles. The van der Waals surface area contributed by atoms with E-state index in [-0.39, 0.29) is 10.8 Å². The monoisotopic (exact) mass is 300 g/mol. The first kappa shape index (κ1) is 16.6. The summed E-state index contributed by atoms with van der Waals surface area (Å²) in [5.41, 5.74) is 0.579. The quantitative estimate of drug-likeness (QED) is 0.710. The second kappa shape index (κ2) is 7.98. The van der Waals surface area contributed by atoms with Gasteiger partial charge in [0, 0.05) is 32.4 Å². The van der Waals surface area contributed by atoms with E-state index in [0.29, 0.717) is 31.7 Å². The predicted octanol–water partition coefficient (Wildman–Crippen LogP) is 1.35. The third kappa shape index (κ3) is 5.28. The van der Waals surface area contributed by atoms with Crippen LogP contribution in [0.15, 0.2) is 29.2 Å². The van der Waals surface area contributed by atoms with Crippen LogP contribution >= 0.6 is 0 Å². The fourth-order valence-corrected chi connectivity index (χ4v) is 2.55. The van der Waals surface area contributed by atoms with Gasteiger partial charge in [0.25, 0.3) is 0 Å². The van der Waals surface area contributed by atoms with Crippen LogP contribution in [0.2, 0.25) is 0 Å². The number of rotatable bonds is 8. The number of benzene rings is 1. The van der Waals surface area contributed by atoms with E-state index < -0.39 is 10.0 Å². The predicted molar refractivity (Wildman–Crippen MR) is 77.0 cm³/mol. The molecule has 0 atom stereocenters. The highest BCUT2D eigenvalue weighted by molar-refractivity contribution is 7.89. The van der Waals surface area contributed by atoms with Gasteiger partial charge in [-0.15, -0.1) is 0 Å². The van der Waals surface area contributed by atoms with Gasteiger partial charge in [0.15, 0.2) is 0 Å². The topological polar surface area (TPSA) is 84.5 Å². The number of anilines is 1. The van der Waals surface area contributed by atoms with Gasteiger partial charge in [-0.3, -0.25) is 4.79 Å². The maximum atomic E-state index is 11.9. The molecule has 7 heteroatoms. The molecule has 2 N–H and O–H groups in total. The van der Waals surface area contributed by atoms with Gasteiger partial charge in [-0.05, 0) is 30.7 Å². The molecule has 1 amide bonds. The van der Waals surface area contributed by atoms with Crippen LogP contribution in [-0.4, -0.2) is 34.6 Å². The molecule has 1 aromatic carbocycles. The number of hydrogen-bond acceptors (Lipinski definition) is 4. The molecule has 0 unspecified atom stereocenters. The highest BCUT2D eigenvalue weighted by Crippen LogP contribution is 2.14. The van der Waals surface area contributed by atoms with Crippen molar-refractivity contribution in [1.29, 1.82) is 0 Å². The van der Waals surface area contributed by atoms with E-state index in [1.165, 1.54) is 12.1 Å². The first-order valence-corrected chi connectivity index (χ1v) is 7.86. The second-order valence-electron chi connectivity index (χ2n) is 4.17. The Balaban J connectivity index is 2.64. The molecule has 0 bridgehead atoms. The Labute approximate surface area is 119 Å². The lowest BCUT2D eigenvalue weighted by Gasteiger charge is -2.08. The molecule has 0 radical (unpaired) electrons. The van der Waals surface area contributed by atoms with Crippen molar-refractivity contribution in [2.75, 3.05) is 25.6 Å². The van der Waals surface area contributed by atoms with Gasteiger partial charge in [-0.2, -0.15) is 0 Å². The Kier molecular flexibility index (Phi) is 6.63. The van der Waals surface area contributed by atoms with Crippen LogP contribution < -0.4 is 10.0 Å². The van der Waals surface area contributed by atoms with Crippen LogP contribution in [0.1, 0.15) is 19.8 Å². The molecule has 0 fully saturated rings. The molecule has 0 aliphatic rings. The second-order valence-corrected chi connectivity index (χ2v) is 5.94. The Bertz CT molecular complexity index is 526. The van der Waals surface area contributed by atoms with Crippen molar-refractivity contribution in [3.63, 3.8) is 0 Å². The molecule has 0 aliphatic heterocycles. The van der Waals surface area contributed by atoms with E-state index in [1.54, 1.807) is 26.2 Å². The summed E-state index contributed by atoms with van der Waals surface area (Å²) in [6.45, 7) is 2.58. The number of carbonyl (C=O) groups is 1. The molecule has 112 valence electrons. The summed E-state index contributed by atoms with van der Waals surface area (Å²) in [5, 5.41) is 2.66. The van der Waals surface area contributed by atoms with Crippen LogP contribution in [0.25, 0.3) is 0 Å². The summed E-state index contributed by atoms with van der Waals surface area (Å²) in [6.07, 6.45) is 0.988. The van der Waals surface area contributed by atoms with Crippen molar-refractivity contribution < 1.29 is 17.9 Å². The minimum absolute atomic E-state index is 0.113. The minimum Gasteiger partial charge on any atom is -0.385 e.